The molecule has 56 valence electrons. The van der Waals surface area contributed by atoms with Crippen molar-refractivity contribution in [1.29, 1.82) is 0 Å². The third kappa shape index (κ3) is 7.88. The fourth-order valence-electron chi connectivity index (χ4n) is 0.546. The average Bonchev–Trinajstić information content (AvgIpc) is 1.89. The maximum absolute atomic E-state index is 8.33. The molecule has 0 aliphatic rings. The predicted molar refractivity (Wildman–Crippen MR) is 36.4 cm³/mol. The minimum Gasteiger partial charge on any atom is -0.395 e. The van der Waals surface area contributed by atoms with E-state index in [9.17, 15) is 0 Å². The molecule has 0 aromatic heterocycles. The van der Waals surface area contributed by atoms with Crippen LogP contribution in [0.2, 0.25) is 0 Å². The molecule has 0 saturated carbocycles. The number of nitrogens with one attached hydrogen (secondary N) is 1. The normalized spacial score (nSPS) is 10.0. The van der Waals surface area contributed by atoms with E-state index in [4.69, 9.17) is 9.84 Å². The van der Waals surface area contributed by atoms with E-state index in [-0.39, 0.29) is 6.61 Å². The van der Waals surface area contributed by atoms with Crippen LogP contribution in [0.1, 0.15) is 6.42 Å². The van der Waals surface area contributed by atoms with Crippen LogP contribution in [-0.4, -0.2) is 38.5 Å². The molecule has 0 rings (SSSR count). The number of hydrogen-bond donors (Lipinski definition) is 2. The van der Waals surface area contributed by atoms with Crippen LogP contribution in [0.3, 0.4) is 0 Å². The molecular weight excluding hydrogens is 118 g/mol. The van der Waals surface area contributed by atoms with Crippen molar-refractivity contribution >= 4 is 0 Å². The van der Waals surface area contributed by atoms with Gasteiger partial charge in [0.25, 0.3) is 0 Å². The Labute approximate surface area is 56.0 Å². The predicted octanol–water partition coefficient (Wildman–Crippen LogP) is -0.395. The molecule has 0 aromatic rings. The van der Waals surface area contributed by atoms with Gasteiger partial charge in [-0.15, -0.1) is 0 Å². The van der Waals surface area contributed by atoms with Crippen molar-refractivity contribution in [3.63, 3.8) is 0 Å². The molecular formula is C6H15NO2. The van der Waals surface area contributed by atoms with E-state index >= 15 is 0 Å². The Morgan fingerprint density at radius 1 is 1.44 bits per heavy atom. The standard InChI is InChI=1S/C6H15NO2/c1-9-6-2-3-7-4-5-8/h7-8H,2-6H2,1H3. The molecule has 2 N–H and O–H groups in total. The highest BCUT2D eigenvalue weighted by atomic mass is 16.5. The monoisotopic (exact) mass is 133 g/mol. The number of aliphatic hydroxyl groups excluding tert-OH is 1. The maximum atomic E-state index is 8.33. The molecule has 3 heteroatoms. The van der Waals surface area contributed by atoms with Crippen molar-refractivity contribution in [3.05, 3.63) is 0 Å². The number of aliphatic hydroxyl groups is 1. The molecule has 0 heterocycles. The minimum atomic E-state index is 0.215. The number of rotatable bonds is 6. The van der Waals surface area contributed by atoms with Crippen LogP contribution in [-0.2, 0) is 4.74 Å². The van der Waals surface area contributed by atoms with Crippen LogP contribution >= 0.6 is 0 Å². The van der Waals surface area contributed by atoms with Crippen LogP contribution in [0.15, 0.2) is 0 Å². The molecule has 3 nitrogen and oxygen atoms in total. The van der Waals surface area contributed by atoms with Gasteiger partial charge in [0.05, 0.1) is 6.61 Å². The van der Waals surface area contributed by atoms with Crippen molar-refractivity contribution in [2.45, 2.75) is 6.42 Å². The molecule has 0 radical (unpaired) electrons. The molecule has 0 bridgehead atoms. The number of hydrogen-bond acceptors (Lipinski definition) is 3. The molecule has 9 heavy (non-hydrogen) atoms. The summed E-state index contributed by atoms with van der Waals surface area (Å²) in [4.78, 5) is 0. The quantitative estimate of drug-likeness (QED) is 0.485. The summed E-state index contributed by atoms with van der Waals surface area (Å²) < 4.78 is 4.82. The summed E-state index contributed by atoms with van der Waals surface area (Å²) >= 11 is 0. The first-order chi connectivity index (χ1) is 4.41. The van der Waals surface area contributed by atoms with Gasteiger partial charge >= 0.3 is 0 Å². The summed E-state index contributed by atoms with van der Waals surface area (Å²) in [5.74, 6) is 0. The van der Waals surface area contributed by atoms with E-state index in [0.717, 1.165) is 19.6 Å². The average molecular weight is 133 g/mol. The Morgan fingerprint density at radius 3 is 2.78 bits per heavy atom. The largest absolute Gasteiger partial charge is 0.395 e. The smallest absolute Gasteiger partial charge is 0.0555 e. The number of methoxy groups -OCH3 is 1. The van der Waals surface area contributed by atoms with Crippen LogP contribution in [0.5, 0.6) is 0 Å². The lowest BCUT2D eigenvalue weighted by Gasteiger charge is -1.99. The molecule has 0 spiro atoms. The van der Waals surface area contributed by atoms with Gasteiger partial charge in [0, 0.05) is 20.3 Å². The van der Waals surface area contributed by atoms with Crippen LogP contribution in [0.25, 0.3) is 0 Å². The van der Waals surface area contributed by atoms with Gasteiger partial charge in [-0.25, -0.2) is 0 Å². The van der Waals surface area contributed by atoms with E-state index in [1.165, 1.54) is 0 Å². The van der Waals surface area contributed by atoms with Gasteiger partial charge < -0.3 is 15.2 Å². The lowest BCUT2D eigenvalue weighted by molar-refractivity contribution is 0.193. The van der Waals surface area contributed by atoms with Crippen LogP contribution < -0.4 is 5.32 Å². The van der Waals surface area contributed by atoms with E-state index in [1.807, 2.05) is 0 Å². The highest BCUT2D eigenvalue weighted by Crippen LogP contribution is 1.75. The lowest BCUT2D eigenvalue weighted by Crippen LogP contribution is -2.20. The van der Waals surface area contributed by atoms with Gasteiger partial charge in [-0.2, -0.15) is 0 Å². The van der Waals surface area contributed by atoms with Gasteiger partial charge in [-0.1, -0.05) is 0 Å². The van der Waals surface area contributed by atoms with Crippen LogP contribution in [0.4, 0.5) is 0 Å². The van der Waals surface area contributed by atoms with Crippen LogP contribution in [0, 0.1) is 0 Å². The molecule has 0 fully saturated rings. The van der Waals surface area contributed by atoms with Crippen molar-refractivity contribution in [2.75, 3.05) is 33.4 Å². The Balaban J connectivity index is 2.60. The highest BCUT2D eigenvalue weighted by Gasteiger charge is 1.84. The fraction of sp³-hybridized carbons (Fsp3) is 1.00. The molecule has 0 aliphatic heterocycles. The summed E-state index contributed by atoms with van der Waals surface area (Å²) in [6.07, 6.45) is 1.01. The maximum Gasteiger partial charge on any atom is 0.0555 e. The summed E-state index contributed by atoms with van der Waals surface area (Å²) in [6, 6.07) is 0. The summed E-state index contributed by atoms with van der Waals surface area (Å²) in [5, 5.41) is 11.4. The zero-order chi connectivity index (χ0) is 6.95. The summed E-state index contributed by atoms with van der Waals surface area (Å²) in [5.41, 5.74) is 0. The zero-order valence-corrected chi connectivity index (χ0v) is 5.89. The van der Waals surface area contributed by atoms with Gasteiger partial charge in [0.1, 0.15) is 0 Å². The van der Waals surface area contributed by atoms with Crippen molar-refractivity contribution in [2.24, 2.45) is 0 Å². The Morgan fingerprint density at radius 2 is 2.22 bits per heavy atom. The fourth-order valence-corrected chi connectivity index (χ4v) is 0.546. The Bertz CT molecular complexity index is 44.3. The Kier molecular flexibility index (Phi) is 7.77. The van der Waals surface area contributed by atoms with Crippen molar-refractivity contribution < 1.29 is 9.84 Å². The molecule has 0 atom stereocenters. The van der Waals surface area contributed by atoms with Gasteiger partial charge in [-0.3, -0.25) is 0 Å². The first-order valence-corrected chi connectivity index (χ1v) is 3.22. The first-order valence-electron chi connectivity index (χ1n) is 3.22. The molecule has 0 unspecified atom stereocenters. The van der Waals surface area contributed by atoms with Crippen molar-refractivity contribution in [1.82, 2.24) is 5.32 Å². The molecule has 0 aliphatic carbocycles. The first kappa shape index (κ1) is 8.88. The number of ether oxygens (including phenoxy) is 1. The third-order valence-electron chi connectivity index (χ3n) is 0.991. The second-order valence-corrected chi connectivity index (χ2v) is 1.82. The SMILES string of the molecule is COCCCNCCO. The molecule has 0 amide bonds. The third-order valence-corrected chi connectivity index (χ3v) is 0.991. The second-order valence-electron chi connectivity index (χ2n) is 1.82. The van der Waals surface area contributed by atoms with Crippen molar-refractivity contribution in [3.8, 4) is 0 Å². The molecule has 0 aromatic carbocycles. The van der Waals surface area contributed by atoms with E-state index in [2.05, 4.69) is 5.32 Å². The van der Waals surface area contributed by atoms with Gasteiger partial charge in [-0.05, 0) is 13.0 Å². The highest BCUT2D eigenvalue weighted by molar-refractivity contribution is 4.43. The van der Waals surface area contributed by atoms with E-state index in [0.29, 0.717) is 6.54 Å². The zero-order valence-electron chi connectivity index (χ0n) is 5.89. The lowest BCUT2D eigenvalue weighted by atomic mass is 10.4. The van der Waals surface area contributed by atoms with Gasteiger partial charge in [0.15, 0.2) is 0 Å². The summed E-state index contributed by atoms with van der Waals surface area (Å²) in [7, 11) is 1.69. The Hall–Kier alpha value is -0.120. The topological polar surface area (TPSA) is 41.5 Å². The molecule has 0 saturated heterocycles. The second kappa shape index (κ2) is 7.88. The summed E-state index contributed by atoms with van der Waals surface area (Å²) in [6.45, 7) is 2.61. The van der Waals surface area contributed by atoms with Gasteiger partial charge in [0.2, 0.25) is 0 Å². The van der Waals surface area contributed by atoms with E-state index < -0.39 is 0 Å². The minimum absolute atomic E-state index is 0.215. The van der Waals surface area contributed by atoms with E-state index in [1.54, 1.807) is 7.11 Å².